The standard InChI is InChI=1S/C20H19NO4S3/c1-24-18(22)14-21(17-7-3-10-26-17)20(23)15-5-2-6-16(13-15)25-9-12-28-19-8-4-11-27-19/h2-8,10-11,13H,9,12,14H2,1H3. The van der Waals surface area contributed by atoms with Gasteiger partial charge in [0.25, 0.3) is 5.91 Å². The highest BCUT2D eigenvalue weighted by Gasteiger charge is 2.22. The molecule has 0 aliphatic carbocycles. The molecule has 3 aromatic rings. The molecule has 0 N–H and O–H groups in total. The summed E-state index contributed by atoms with van der Waals surface area (Å²) in [4.78, 5) is 26.2. The van der Waals surface area contributed by atoms with Crippen LogP contribution < -0.4 is 9.64 Å². The maximum Gasteiger partial charge on any atom is 0.325 e. The smallest absolute Gasteiger partial charge is 0.325 e. The van der Waals surface area contributed by atoms with Crippen molar-refractivity contribution in [1.29, 1.82) is 0 Å². The number of nitrogens with zero attached hydrogens (tertiary/aromatic N) is 1. The summed E-state index contributed by atoms with van der Waals surface area (Å²) in [5.41, 5.74) is 0.459. The number of anilines is 1. The number of esters is 1. The molecular weight excluding hydrogens is 414 g/mol. The van der Waals surface area contributed by atoms with E-state index in [4.69, 9.17) is 9.47 Å². The molecule has 3 rings (SSSR count). The van der Waals surface area contributed by atoms with Gasteiger partial charge in [-0.2, -0.15) is 0 Å². The number of benzene rings is 1. The second-order valence-electron chi connectivity index (χ2n) is 5.58. The van der Waals surface area contributed by atoms with E-state index in [0.29, 0.717) is 22.9 Å². The molecule has 0 radical (unpaired) electrons. The molecule has 0 aliphatic rings. The number of ether oxygens (including phenoxy) is 2. The van der Waals surface area contributed by atoms with Gasteiger partial charge < -0.3 is 9.47 Å². The van der Waals surface area contributed by atoms with Gasteiger partial charge in [-0.3, -0.25) is 14.5 Å². The lowest BCUT2D eigenvalue weighted by molar-refractivity contribution is -0.138. The van der Waals surface area contributed by atoms with Crippen molar-refractivity contribution < 1.29 is 19.1 Å². The minimum Gasteiger partial charge on any atom is -0.493 e. The van der Waals surface area contributed by atoms with E-state index >= 15 is 0 Å². The second kappa shape index (κ2) is 10.3. The summed E-state index contributed by atoms with van der Waals surface area (Å²) >= 11 is 4.83. The summed E-state index contributed by atoms with van der Waals surface area (Å²) in [5, 5.41) is 4.60. The van der Waals surface area contributed by atoms with Crippen molar-refractivity contribution in [3.63, 3.8) is 0 Å². The highest BCUT2D eigenvalue weighted by atomic mass is 32.2. The Labute approximate surface area is 175 Å². The first-order valence-corrected chi connectivity index (χ1v) is 11.2. The number of hydrogen-bond donors (Lipinski definition) is 0. The fraction of sp³-hybridized carbons (Fsp3) is 0.200. The lowest BCUT2D eigenvalue weighted by Gasteiger charge is -2.20. The van der Waals surface area contributed by atoms with Crippen LogP contribution in [0.3, 0.4) is 0 Å². The van der Waals surface area contributed by atoms with Gasteiger partial charge in [0.2, 0.25) is 0 Å². The fourth-order valence-corrected chi connectivity index (χ4v) is 4.80. The third-order valence-electron chi connectivity index (χ3n) is 3.70. The van der Waals surface area contributed by atoms with Crippen molar-refractivity contribution in [2.24, 2.45) is 0 Å². The molecule has 0 spiro atoms. The highest BCUT2D eigenvalue weighted by Crippen LogP contribution is 2.25. The van der Waals surface area contributed by atoms with E-state index in [1.165, 1.54) is 27.6 Å². The summed E-state index contributed by atoms with van der Waals surface area (Å²) in [7, 11) is 1.31. The van der Waals surface area contributed by atoms with Gasteiger partial charge in [-0.25, -0.2) is 0 Å². The molecule has 0 fully saturated rings. The van der Waals surface area contributed by atoms with Crippen molar-refractivity contribution in [2.75, 3.05) is 30.9 Å². The van der Waals surface area contributed by atoms with E-state index in [2.05, 4.69) is 6.07 Å². The lowest BCUT2D eigenvalue weighted by Crippen LogP contribution is -2.35. The van der Waals surface area contributed by atoms with Gasteiger partial charge in [-0.15, -0.1) is 34.4 Å². The quantitative estimate of drug-likeness (QED) is 0.276. The van der Waals surface area contributed by atoms with Crippen LogP contribution in [-0.2, 0) is 9.53 Å². The van der Waals surface area contributed by atoms with Gasteiger partial charge in [0, 0.05) is 11.3 Å². The number of methoxy groups -OCH3 is 1. The van der Waals surface area contributed by atoms with Crippen LogP contribution in [0.25, 0.3) is 0 Å². The second-order valence-corrected chi connectivity index (χ2v) is 8.84. The van der Waals surface area contributed by atoms with Gasteiger partial charge in [-0.05, 0) is 47.2 Å². The number of amides is 1. The van der Waals surface area contributed by atoms with Crippen LogP contribution in [0.15, 0.2) is 63.5 Å². The van der Waals surface area contributed by atoms with Crippen LogP contribution in [0.5, 0.6) is 5.75 Å². The predicted molar refractivity (Wildman–Crippen MR) is 115 cm³/mol. The van der Waals surface area contributed by atoms with Crippen LogP contribution >= 0.6 is 34.4 Å². The van der Waals surface area contributed by atoms with Gasteiger partial charge in [0.05, 0.1) is 22.9 Å². The molecule has 2 heterocycles. The van der Waals surface area contributed by atoms with E-state index in [1.807, 2.05) is 29.0 Å². The Hall–Kier alpha value is -2.29. The molecule has 1 aromatic carbocycles. The highest BCUT2D eigenvalue weighted by molar-refractivity contribution is 8.01. The van der Waals surface area contributed by atoms with Crippen molar-refractivity contribution in [3.8, 4) is 5.75 Å². The monoisotopic (exact) mass is 433 g/mol. The SMILES string of the molecule is COC(=O)CN(C(=O)c1cccc(OCCSc2cccs2)c1)c1cccs1. The van der Waals surface area contributed by atoms with E-state index in [-0.39, 0.29) is 12.5 Å². The summed E-state index contributed by atoms with van der Waals surface area (Å²) in [5.74, 6) is 0.704. The van der Waals surface area contributed by atoms with Crippen LogP contribution in [-0.4, -0.2) is 37.9 Å². The first kappa shape index (κ1) is 20.4. The summed E-state index contributed by atoms with van der Waals surface area (Å²) in [6.45, 7) is 0.398. The molecule has 0 unspecified atom stereocenters. The average molecular weight is 434 g/mol. The molecule has 0 aliphatic heterocycles. The summed E-state index contributed by atoms with van der Waals surface area (Å²) in [6, 6.07) is 14.8. The van der Waals surface area contributed by atoms with Crippen LogP contribution in [0, 0.1) is 0 Å². The van der Waals surface area contributed by atoms with Crippen LogP contribution in [0.1, 0.15) is 10.4 Å². The molecule has 0 saturated heterocycles. The van der Waals surface area contributed by atoms with Gasteiger partial charge in [-0.1, -0.05) is 12.1 Å². The van der Waals surface area contributed by atoms with Crippen molar-refractivity contribution in [1.82, 2.24) is 0 Å². The molecule has 5 nitrogen and oxygen atoms in total. The first-order valence-electron chi connectivity index (χ1n) is 8.48. The predicted octanol–water partition coefficient (Wildman–Crippen LogP) is 4.80. The Kier molecular flexibility index (Phi) is 7.53. The fourth-order valence-electron chi connectivity index (χ4n) is 2.39. The minimum atomic E-state index is -0.472. The Morgan fingerprint density at radius 1 is 1.07 bits per heavy atom. The van der Waals surface area contributed by atoms with Gasteiger partial charge in [0.15, 0.2) is 0 Å². The number of thioether (sulfide) groups is 1. The van der Waals surface area contributed by atoms with Crippen molar-refractivity contribution >= 4 is 51.3 Å². The maximum absolute atomic E-state index is 13.0. The number of carbonyl (C=O) groups is 2. The third kappa shape index (κ3) is 5.60. The number of rotatable bonds is 9. The van der Waals surface area contributed by atoms with Crippen LogP contribution in [0.4, 0.5) is 5.00 Å². The zero-order valence-corrected chi connectivity index (χ0v) is 17.6. The number of hydrogen-bond acceptors (Lipinski definition) is 7. The van der Waals surface area contributed by atoms with Crippen molar-refractivity contribution in [2.45, 2.75) is 4.21 Å². The lowest BCUT2D eigenvalue weighted by atomic mass is 10.2. The molecule has 28 heavy (non-hydrogen) atoms. The topological polar surface area (TPSA) is 55.8 Å². The van der Waals surface area contributed by atoms with E-state index in [1.54, 1.807) is 47.4 Å². The van der Waals surface area contributed by atoms with E-state index in [0.717, 1.165) is 5.75 Å². The van der Waals surface area contributed by atoms with Gasteiger partial charge in [0.1, 0.15) is 12.3 Å². The Morgan fingerprint density at radius 3 is 2.61 bits per heavy atom. The zero-order chi connectivity index (χ0) is 19.8. The normalized spacial score (nSPS) is 10.5. The van der Waals surface area contributed by atoms with E-state index < -0.39 is 5.97 Å². The summed E-state index contributed by atoms with van der Waals surface area (Å²) < 4.78 is 11.8. The summed E-state index contributed by atoms with van der Waals surface area (Å²) in [6.07, 6.45) is 0. The minimum absolute atomic E-state index is 0.140. The van der Waals surface area contributed by atoms with E-state index in [9.17, 15) is 9.59 Å². The Bertz CT molecular complexity index is 894. The first-order chi connectivity index (χ1) is 13.7. The molecule has 1 amide bonds. The number of carbonyl (C=O) groups excluding carboxylic acids is 2. The molecule has 8 heteroatoms. The zero-order valence-electron chi connectivity index (χ0n) is 15.2. The van der Waals surface area contributed by atoms with Crippen LogP contribution in [0.2, 0.25) is 0 Å². The molecular formula is C20H19NO4S3. The maximum atomic E-state index is 13.0. The molecule has 0 saturated carbocycles. The largest absolute Gasteiger partial charge is 0.493 e. The molecule has 0 bridgehead atoms. The molecule has 2 aromatic heterocycles. The Balaban J connectivity index is 1.65. The Morgan fingerprint density at radius 2 is 1.89 bits per heavy atom. The third-order valence-corrected chi connectivity index (χ3v) is 6.69. The molecule has 0 atom stereocenters. The van der Waals surface area contributed by atoms with Crippen molar-refractivity contribution in [3.05, 3.63) is 64.9 Å². The average Bonchev–Trinajstić information content (AvgIpc) is 3.43. The molecule has 146 valence electrons. The number of thiophene rings is 2. The van der Waals surface area contributed by atoms with Gasteiger partial charge >= 0.3 is 5.97 Å².